The second-order valence-electron chi connectivity index (χ2n) is 5.67. The topological polar surface area (TPSA) is 24.1 Å². The van der Waals surface area contributed by atoms with Crippen molar-refractivity contribution in [2.24, 2.45) is 23.7 Å². The number of hydrogen-bond donors (Lipinski definition) is 2. The highest BCUT2D eigenvalue weighted by Crippen LogP contribution is 2.65. The maximum atomic E-state index is 3.78. The first-order chi connectivity index (χ1) is 7.42. The molecule has 3 rings (SSSR count). The van der Waals surface area contributed by atoms with Gasteiger partial charge in [0, 0.05) is 6.04 Å². The fourth-order valence-corrected chi connectivity index (χ4v) is 4.26. The van der Waals surface area contributed by atoms with Gasteiger partial charge in [0.25, 0.3) is 0 Å². The largest absolute Gasteiger partial charge is 0.317 e. The minimum atomic E-state index is 0.929. The van der Waals surface area contributed by atoms with Gasteiger partial charge in [0.1, 0.15) is 0 Å². The molecule has 0 aromatic rings. The molecule has 0 amide bonds. The van der Waals surface area contributed by atoms with E-state index in [9.17, 15) is 0 Å². The second kappa shape index (κ2) is 4.06. The molecular weight excluding hydrogens is 184 g/mol. The average Bonchev–Trinajstić information content (AvgIpc) is 2.67. The Morgan fingerprint density at radius 1 is 1.07 bits per heavy atom. The summed E-state index contributed by atoms with van der Waals surface area (Å²) in [6.45, 7) is 5.69. The van der Waals surface area contributed by atoms with Crippen molar-refractivity contribution in [1.82, 2.24) is 10.6 Å². The monoisotopic (exact) mass is 208 g/mol. The van der Waals surface area contributed by atoms with Gasteiger partial charge in [-0.05, 0) is 69.0 Å². The molecule has 0 heterocycles. The van der Waals surface area contributed by atoms with Crippen molar-refractivity contribution < 1.29 is 0 Å². The Balaban J connectivity index is 1.34. The number of nitrogens with one attached hydrogen (secondary N) is 2. The lowest BCUT2D eigenvalue weighted by Gasteiger charge is -2.10. The fourth-order valence-electron chi connectivity index (χ4n) is 4.26. The molecule has 3 fully saturated rings. The molecule has 0 aromatic heterocycles. The van der Waals surface area contributed by atoms with Crippen molar-refractivity contribution in [3.8, 4) is 0 Å². The van der Waals surface area contributed by atoms with Crippen LogP contribution < -0.4 is 10.6 Å². The van der Waals surface area contributed by atoms with Crippen molar-refractivity contribution in [2.45, 2.75) is 38.6 Å². The van der Waals surface area contributed by atoms with Crippen LogP contribution in [0.1, 0.15) is 32.6 Å². The van der Waals surface area contributed by atoms with Gasteiger partial charge in [0.15, 0.2) is 0 Å². The first-order valence-electron chi connectivity index (χ1n) is 6.86. The highest BCUT2D eigenvalue weighted by molar-refractivity contribution is 5.16. The summed E-state index contributed by atoms with van der Waals surface area (Å²) in [6, 6.07) is 0.929. The summed E-state index contributed by atoms with van der Waals surface area (Å²) in [4.78, 5) is 0. The Morgan fingerprint density at radius 2 is 1.80 bits per heavy atom. The molecule has 15 heavy (non-hydrogen) atoms. The molecule has 3 aliphatic rings. The normalized spacial score (nSPS) is 45.8. The molecule has 0 saturated heterocycles. The highest BCUT2D eigenvalue weighted by Gasteiger charge is 2.64. The van der Waals surface area contributed by atoms with Crippen molar-refractivity contribution >= 4 is 0 Å². The molecule has 2 heteroatoms. The van der Waals surface area contributed by atoms with Crippen LogP contribution >= 0.6 is 0 Å². The fraction of sp³-hybridized carbons (Fsp3) is 1.00. The van der Waals surface area contributed by atoms with Crippen LogP contribution in [0, 0.1) is 23.7 Å². The van der Waals surface area contributed by atoms with Gasteiger partial charge in [-0.1, -0.05) is 6.92 Å². The van der Waals surface area contributed by atoms with Crippen LogP contribution in [0.3, 0.4) is 0 Å². The zero-order valence-corrected chi connectivity index (χ0v) is 9.84. The van der Waals surface area contributed by atoms with Gasteiger partial charge in [-0.25, -0.2) is 0 Å². The summed E-state index contributed by atoms with van der Waals surface area (Å²) in [6.07, 6.45) is 5.95. The molecule has 0 aromatic carbocycles. The van der Waals surface area contributed by atoms with Crippen LogP contribution in [0.25, 0.3) is 0 Å². The SMILES string of the molecule is CCNCCCNC1C2C3CCC(C3)C12. The minimum absolute atomic E-state index is 0.929. The average molecular weight is 208 g/mol. The molecule has 2 N–H and O–H groups in total. The van der Waals surface area contributed by atoms with Crippen LogP contribution in [0.4, 0.5) is 0 Å². The third kappa shape index (κ3) is 1.72. The molecule has 4 unspecified atom stereocenters. The molecule has 0 spiro atoms. The van der Waals surface area contributed by atoms with E-state index in [1.807, 2.05) is 0 Å². The summed E-state index contributed by atoms with van der Waals surface area (Å²) in [5, 5.41) is 7.16. The summed E-state index contributed by atoms with van der Waals surface area (Å²) < 4.78 is 0. The minimum Gasteiger partial charge on any atom is -0.317 e. The Bertz CT molecular complexity index is 213. The molecule has 86 valence electrons. The van der Waals surface area contributed by atoms with Crippen molar-refractivity contribution in [2.75, 3.05) is 19.6 Å². The lowest BCUT2D eigenvalue weighted by molar-refractivity contribution is 0.456. The van der Waals surface area contributed by atoms with Gasteiger partial charge in [-0.2, -0.15) is 0 Å². The number of fused-ring (bicyclic) bond motifs is 5. The van der Waals surface area contributed by atoms with E-state index in [0.29, 0.717) is 0 Å². The van der Waals surface area contributed by atoms with Gasteiger partial charge in [0.05, 0.1) is 0 Å². The van der Waals surface area contributed by atoms with Crippen molar-refractivity contribution in [1.29, 1.82) is 0 Å². The van der Waals surface area contributed by atoms with Crippen LogP contribution in [0.15, 0.2) is 0 Å². The molecule has 0 aliphatic heterocycles. The first-order valence-corrected chi connectivity index (χ1v) is 6.86. The van der Waals surface area contributed by atoms with E-state index in [0.717, 1.165) is 36.3 Å². The van der Waals surface area contributed by atoms with E-state index in [4.69, 9.17) is 0 Å². The molecule has 4 atom stereocenters. The van der Waals surface area contributed by atoms with Crippen LogP contribution in [-0.4, -0.2) is 25.7 Å². The van der Waals surface area contributed by atoms with E-state index < -0.39 is 0 Å². The maximum Gasteiger partial charge on any atom is 0.0136 e. The smallest absolute Gasteiger partial charge is 0.0136 e. The lowest BCUT2D eigenvalue weighted by Crippen LogP contribution is -2.26. The van der Waals surface area contributed by atoms with Crippen molar-refractivity contribution in [3.05, 3.63) is 0 Å². The molecule has 2 bridgehead atoms. The summed E-state index contributed by atoms with van der Waals surface area (Å²) >= 11 is 0. The molecule has 2 nitrogen and oxygen atoms in total. The first kappa shape index (κ1) is 10.1. The second-order valence-corrected chi connectivity index (χ2v) is 5.67. The zero-order valence-electron chi connectivity index (χ0n) is 9.84. The van der Waals surface area contributed by atoms with E-state index in [1.54, 1.807) is 19.3 Å². The molecular formula is C13H24N2. The lowest BCUT2D eigenvalue weighted by atomic mass is 10.0. The Kier molecular flexibility index (Phi) is 2.73. The molecule has 3 aliphatic carbocycles. The van der Waals surface area contributed by atoms with Crippen molar-refractivity contribution in [3.63, 3.8) is 0 Å². The summed E-state index contributed by atoms with van der Waals surface area (Å²) in [5.41, 5.74) is 0. The third-order valence-electron chi connectivity index (χ3n) is 4.90. The molecule has 0 radical (unpaired) electrons. The molecule has 3 saturated carbocycles. The number of hydrogen-bond acceptors (Lipinski definition) is 2. The van der Waals surface area contributed by atoms with E-state index in [1.165, 1.54) is 19.5 Å². The highest BCUT2D eigenvalue weighted by atomic mass is 15.0. The predicted octanol–water partition coefficient (Wildman–Crippen LogP) is 1.62. The summed E-state index contributed by atoms with van der Waals surface area (Å²) in [7, 11) is 0. The van der Waals surface area contributed by atoms with Crippen LogP contribution in [-0.2, 0) is 0 Å². The van der Waals surface area contributed by atoms with Crippen LogP contribution in [0.5, 0.6) is 0 Å². The Morgan fingerprint density at radius 3 is 2.47 bits per heavy atom. The summed E-state index contributed by atoms with van der Waals surface area (Å²) in [5.74, 6) is 4.43. The van der Waals surface area contributed by atoms with E-state index in [-0.39, 0.29) is 0 Å². The van der Waals surface area contributed by atoms with Gasteiger partial charge in [-0.3, -0.25) is 0 Å². The Labute approximate surface area is 93.2 Å². The number of rotatable bonds is 6. The van der Waals surface area contributed by atoms with Gasteiger partial charge in [0.2, 0.25) is 0 Å². The maximum absolute atomic E-state index is 3.78. The van der Waals surface area contributed by atoms with Gasteiger partial charge < -0.3 is 10.6 Å². The van der Waals surface area contributed by atoms with Gasteiger partial charge in [-0.15, -0.1) is 0 Å². The Hall–Kier alpha value is -0.0800. The van der Waals surface area contributed by atoms with E-state index >= 15 is 0 Å². The van der Waals surface area contributed by atoms with E-state index in [2.05, 4.69) is 17.6 Å². The third-order valence-corrected chi connectivity index (χ3v) is 4.90. The standard InChI is InChI=1S/C13H24N2/c1-2-14-6-3-7-15-13-11-9-4-5-10(8-9)12(11)13/h9-15H,2-8H2,1H3. The predicted molar refractivity (Wildman–Crippen MR) is 62.8 cm³/mol. The quantitative estimate of drug-likeness (QED) is 0.648. The van der Waals surface area contributed by atoms with Crippen LogP contribution in [0.2, 0.25) is 0 Å². The zero-order chi connectivity index (χ0) is 10.3. The van der Waals surface area contributed by atoms with Gasteiger partial charge >= 0.3 is 0 Å².